The van der Waals surface area contributed by atoms with Crippen molar-refractivity contribution in [3.05, 3.63) is 35.5 Å². The van der Waals surface area contributed by atoms with E-state index in [1.54, 1.807) is 5.57 Å². The van der Waals surface area contributed by atoms with Gasteiger partial charge in [0.15, 0.2) is 0 Å². The summed E-state index contributed by atoms with van der Waals surface area (Å²) in [5.74, 6) is 2.53. The molecule has 3 fully saturated rings. The number of allylic oxidation sites excluding steroid dienone is 3. The maximum absolute atomic E-state index is 10.2. The van der Waals surface area contributed by atoms with E-state index in [9.17, 15) is 5.11 Å². The molecule has 0 spiro atoms. The molecule has 5 atom stereocenters. The Hall–Kier alpha value is -0.820. The minimum absolute atomic E-state index is 0.329. The highest BCUT2D eigenvalue weighted by Gasteiger charge is 2.50. The standard InChI is InChI=1S/C24H38O/c1-5-17(2)21-14-15-22-20(10-8-16-24(21,22)4)13-12-19-9-6-7-11-23(25)18(19)3/h12-13,17,21-23,25H,3,5-11,14-16H2,1-2,4H3/b19-12-,20-13+. The van der Waals surface area contributed by atoms with Crippen molar-refractivity contribution in [2.45, 2.75) is 91.1 Å². The first-order valence-electron chi connectivity index (χ1n) is 10.7. The molecule has 0 aromatic heterocycles. The van der Waals surface area contributed by atoms with Gasteiger partial charge >= 0.3 is 0 Å². The van der Waals surface area contributed by atoms with Crippen molar-refractivity contribution in [2.24, 2.45) is 23.2 Å². The second kappa shape index (κ2) is 7.82. The second-order valence-corrected chi connectivity index (χ2v) is 9.20. The molecule has 0 aromatic rings. The summed E-state index contributed by atoms with van der Waals surface area (Å²) in [6, 6.07) is 0. The van der Waals surface area contributed by atoms with E-state index in [-0.39, 0.29) is 6.10 Å². The third-order valence-electron chi connectivity index (χ3n) is 7.86. The summed E-state index contributed by atoms with van der Waals surface area (Å²) in [5, 5.41) is 10.2. The smallest absolute Gasteiger partial charge is 0.0787 e. The minimum Gasteiger partial charge on any atom is -0.388 e. The SMILES string of the molecule is C=C1/C(=C\C=C2/CCCC3(C)C2CCC3C(C)CC)CCCCC1O. The molecule has 0 heterocycles. The molecule has 1 heteroatoms. The molecule has 1 N–H and O–H groups in total. The summed E-state index contributed by atoms with van der Waals surface area (Å²) in [6.45, 7) is 11.6. The lowest BCUT2D eigenvalue weighted by Gasteiger charge is -2.44. The molecule has 0 aromatic carbocycles. The van der Waals surface area contributed by atoms with Crippen molar-refractivity contribution in [1.29, 1.82) is 0 Å². The van der Waals surface area contributed by atoms with Crippen LogP contribution in [0.1, 0.15) is 85.0 Å². The van der Waals surface area contributed by atoms with Crippen LogP contribution in [0.3, 0.4) is 0 Å². The first-order chi connectivity index (χ1) is 12.0. The Morgan fingerprint density at radius 3 is 2.72 bits per heavy atom. The molecule has 3 rings (SSSR count). The fraction of sp³-hybridized carbons (Fsp3) is 0.750. The van der Waals surface area contributed by atoms with Crippen LogP contribution in [-0.2, 0) is 0 Å². The number of aliphatic hydroxyl groups is 1. The molecular formula is C24H38O. The van der Waals surface area contributed by atoms with Crippen LogP contribution >= 0.6 is 0 Å². The average Bonchev–Trinajstić information content (AvgIpc) is 2.88. The van der Waals surface area contributed by atoms with Gasteiger partial charge in [0.25, 0.3) is 0 Å². The second-order valence-electron chi connectivity index (χ2n) is 9.20. The van der Waals surface area contributed by atoms with Crippen molar-refractivity contribution in [1.82, 2.24) is 0 Å². The van der Waals surface area contributed by atoms with Gasteiger partial charge in [-0.05, 0) is 85.7 Å². The Labute approximate surface area is 155 Å². The summed E-state index contributed by atoms with van der Waals surface area (Å²) < 4.78 is 0. The minimum atomic E-state index is -0.329. The molecule has 0 aliphatic heterocycles. The maximum Gasteiger partial charge on any atom is 0.0787 e. The van der Waals surface area contributed by atoms with Gasteiger partial charge in [-0.15, -0.1) is 0 Å². The van der Waals surface area contributed by atoms with Crippen LogP contribution in [0.5, 0.6) is 0 Å². The fourth-order valence-electron chi connectivity index (χ4n) is 6.10. The van der Waals surface area contributed by atoms with Gasteiger partial charge in [0, 0.05) is 0 Å². The highest BCUT2D eigenvalue weighted by atomic mass is 16.3. The summed E-state index contributed by atoms with van der Waals surface area (Å²) in [6.07, 6.45) is 16.8. The lowest BCUT2D eigenvalue weighted by Crippen LogP contribution is -2.35. The Balaban J connectivity index is 1.82. The number of rotatable bonds is 3. The van der Waals surface area contributed by atoms with Crippen LogP contribution in [0.25, 0.3) is 0 Å². The predicted molar refractivity (Wildman–Crippen MR) is 107 cm³/mol. The van der Waals surface area contributed by atoms with Gasteiger partial charge in [-0.3, -0.25) is 0 Å². The number of fused-ring (bicyclic) bond motifs is 1. The van der Waals surface area contributed by atoms with Gasteiger partial charge in [-0.2, -0.15) is 0 Å². The summed E-state index contributed by atoms with van der Waals surface area (Å²) in [7, 11) is 0. The maximum atomic E-state index is 10.2. The summed E-state index contributed by atoms with van der Waals surface area (Å²) in [4.78, 5) is 0. The van der Waals surface area contributed by atoms with E-state index >= 15 is 0 Å². The molecule has 5 unspecified atom stereocenters. The van der Waals surface area contributed by atoms with Crippen LogP contribution in [-0.4, -0.2) is 11.2 Å². The molecule has 25 heavy (non-hydrogen) atoms. The fourth-order valence-corrected chi connectivity index (χ4v) is 6.10. The quantitative estimate of drug-likeness (QED) is 0.573. The van der Waals surface area contributed by atoms with Crippen LogP contribution < -0.4 is 0 Å². The molecule has 0 saturated heterocycles. The molecule has 3 aliphatic carbocycles. The lowest BCUT2D eigenvalue weighted by atomic mass is 9.61. The molecule has 140 valence electrons. The van der Waals surface area contributed by atoms with E-state index in [2.05, 4.69) is 39.5 Å². The van der Waals surface area contributed by atoms with E-state index in [0.29, 0.717) is 5.41 Å². The first-order valence-corrected chi connectivity index (χ1v) is 10.7. The molecular weight excluding hydrogens is 304 g/mol. The Kier molecular flexibility index (Phi) is 5.93. The normalized spacial score (nSPS) is 41.0. The van der Waals surface area contributed by atoms with E-state index < -0.39 is 0 Å². The molecule has 3 saturated carbocycles. The molecule has 0 amide bonds. The van der Waals surface area contributed by atoms with Crippen molar-refractivity contribution in [3.8, 4) is 0 Å². The van der Waals surface area contributed by atoms with Crippen molar-refractivity contribution >= 4 is 0 Å². The largest absolute Gasteiger partial charge is 0.388 e. The van der Waals surface area contributed by atoms with Crippen LogP contribution in [0.2, 0.25) is 0 Å². The van der Waals surface area contributed by atoms with Crippen LogP contribution in [0, 0.1) is 23.2 Å². The Morgan fingerprint density at radius 2 is 1.96 bits per heavy atom. The Bertz CT molecular complexity index is 554. The summed E-state index contributed by atoms with van der Waals surface area (Å²) >= 11 is 0. The molecule has 0 bridgehead atoms. The zero-order valence-corrected chi connectivity index (χ0v) is 16.7. The van der Waals surface area contributed by atoms with Crippen LogP contribution in [0.15, 0.2) is 35.5 Å². The zero-order valence-electron chi connectivity index (χ0n) is 16.7. The first kappa shape index (κ1) is 19.0. The van der Waals surface area contributed by atoms with Gasteiger partial charge < -0.3 is 5.11 Å². The zero-order chi connectivity index (χ0) is 18.0. The van der Waals surface area contributed by atoms with E-state index in [4.69, 9.17) is 0 Å². The highest BCUT2D eigenvalue weighted by molar-refractivity contribution is 5.37. The van der Waals surface area contributed by atoms with Gasteiger partial charge in [-0.1, -0.05) is 57.9 Å². The highest BCUT2D eigenvalue weighted by Crippen LogP contribution is 2.59. The van der Waals surface area contributed by atoms with Gasteiger partial charge in [0.1, 0.15) is 0 Å². The monoisotopic (exact) mass is 342 g/mol. The number of aliphatic hydroxyl groups excluding tert-OH is 1. The molecule has 1 nitrogen and oxygen atoms in total. The molecule has 0 radical (unpaired) electrons. The van der Waals surface area contributed by atoms with E-state index in [1.165, 1.54) is 50.5 Å². The summed E-state index contributed by atoms with van der Waals surface area (Å²) in [5.41, 5.74) is 4.45. The van der Waals surface area contributed by atoms with Gasteiger partial charge in [-0.25, -0.2) is 0 Å². The average molecular weight is 343 g/mol. The third kappa shape index (κ3) is 3.68. The Morgan fingerprint density at radius 1 is 1.16 bits per heavy atom. The molecule has 3 aliphatic rings. The van der Waals surface area contributed by atoms with Crippen molar-refractivity contribution in [3.63, 3.8) is 0 Å². The predicted octanol–water partition coefficient (Wildman–Crippen LogP) is 6.59. The van der Waals surface area contributed by atoms with Gasteiger partial charge in [0.2, 0.25) is 0 Å². The van der Waals surface area contributed by atoms with Gasteiger partial charge in [0.05, 0.1) is 6.10 Å². The number of hydrogen-bond donors (Lipinski definition) is 1. The van der Waals surface area contributed by atoms with E-state index in [0.717, 1.165) is 42.6 Å². The van der Waals surface area contributed by atoms with E-state index in [1.807, 2.05) is 0 Å². The van der Waals surface area contributed by atoms with Crippen LogP contribution in [0.4, 0.5) is 0 Å². The third-order valence-corrected chi connectivity index (χ3v) is 7.86. The lowest BCUT2D eigenvalue weighted by molar-refractivity contribution is 0.0961. The van der Waals surface area contributed by atoms with Crippen molar-refractivity contribution < 1.29 is 5.11 Å². The number of hydrogen-bond acceptors (Lipinski definition) is 1. The van der Waals surface area contributed by atoms with Crippen molar-refractivity contribution in [2.75, 3.05) is 0 Å². The topological polar surface area (TPSA) is 20.2 Å².